The van der Waals surface area contributed by atoms with Gasteiger partial charge in [0.15, 0.2) is 5.78 Å². The lowest BCUT2D eigenvalue weighted by atomic mass is 10.0. The average Bonchev–Trinajstić information content (AvgIpc) is 2.52. The summed E-state index contributed by atoms with van der Waals surface area (Å²) < 4.78 is 9.01. The van der Waals surface area contributed by atoms with Gasteiger partial charge in [-0.3, -0.25) is 14.4 Å². The molecule has 1 aromatic rings. The highest BCUT2D eigenvalue weighted by atomic mass is 16.5. The molecular formula is C16H18O5. The Bertz CT molecular complexity index is 528. The maximum absolute atomic E-state index is 11.8. The second-order valence-corrected chi connectivity index (χ2v) is 4.30. The topological polar surface area (TPSA) is 69.7 Å². The average molecular weight is 290 g/mol. The fraction of sp³-hybridized carbons (Fsp3) is 0.312. The number of rotatable bonds is 7. The molecule has 0 saturated heterocycles. The highest BCUT2D eigenvalue weighted by Gasteiger charge is 2.09. The van der Waals surface area contributed by atoms with Crippen LogP contribution in [0.5, 0.6) is 0 Å². The quantitative estimate of drug-likeness (QED) is 0.569. The van der Waals surface area contributed by atoms with E-state index in [0.29, 0.717) is 5.56 Å². The standard InChI is InChI=1S/C16H18O5/c1-20-15(18)5-3-4-12-6-8-13(9-7-12)14(17)10-11-16(19)21-2/h3-4,6-9H,5,10-11H2,1-2H3. The molecule has 0 N–H and O–H groups in total. The normalized spacial score (nSPS) is 10.4. The van der Waals surface area contributed by atoms with E-state index in [-0.39, 0.29) is 31.0 Å². The van der Waals surface area contributed by atoms with Gasteiger partial charge in [-0.25, -0.2) is 0 Å². The third-order valence-electron chi connectivity index (χ3n) is 2.84. The number of ketones is 1. The molecule has 0 unspecified atom stereocenters. The fourth-order valence-corrected chi connectivity index (χ4v) is 1.62. The molecule has 5 nitrogen and oxygen atoms in total. The van der Waals surface area contributed by atoms with Crippen molar-refractivity contribution in [2.45, 2.75) is 19.3 Å². The number of hydrogen-bond donors (Lipinski definition) is 0. The number of carbonyl (C=O) groups is 3. The van der Waals surface area contributed by atoms with Crippen molar-refractivity contribution in [2.24, 2.45) is 0 Å². The summed E-state index contributed by atoms with van der Waals surface area (Å²) in [6, 6.07) is 6.94. The molecule has 0 saturated carbocycles. The minimum absolute atomic E-state index is 0.0795. The van der Waals surface area contributed by atoms with Crippen LogP contribution < -0.4 is 0 Å². The number of carbonyl (C=O) groups excluding carboxylic acids is 3. The van der Waals surface area contributed by atoms with Gasteiger partial charge in [-0.1, -0.05) is 36.4 Å². The van der Waals surface area contributed by atoms with Gasteiger partial charge in [-0.15, -0.1) is 0 Å². The van der Waals surface area contributed by atoms with Gasteiger partial charge in [0, 0.05) is 12.0 Å². The van der Waals surface area contributed by atoms with Crippen LogP contribution >= 0.6 is 0 Å². The number of ether oxygens (including phenoxy) is 2. The van der Waals surface area contributed by atoms with Gasteiger partial charge in [0.05, 0.1) is 27.1 Å². The molecule has 1 rings (SSSR count). The van der Waals surface area contributed by atoms with E-state index in [2.05, 4.69) is 9.47 Å². The number of esters is 2. The molecule has 0 bridgehead atoms. The van der Waals surface area contributed by atoms with Crippen molar-refractivity contribution >= 4 is 23.8 Å². The van der Waals surface area contributed by atoms with Crippen molar-refractivity contribution in [3.63, 3.8) is 0 Å². The SMILES string of the molecule is COC(=O)CC=Cc1ccc(C(=O)CCC(=O)OC)cc1. The first-order valence-corrected chi connectivity index (χ1v) is 6.50. The van der Waals surface area contributed by atoms with Crippen LogP contribution in [0.1, 0.15) is 35.2 Å². The summed E-state index contributed by atoms with van der Waals surface area (Å²) in [5, 5.41) is 0. The maximum Gasteiger partial charge on any atom is 0.309 e. The van der Waals surface area contributed by atoms with Gasteiger partial charge in [0.1, 0.15) is 0 Å². The summed E-state index contributed by atoms with van der Waals surface area (Å²) in [4.78, 5) is 33.8. The lowest BCUT2D eigenvalue weighted by Gasteiger charge is -2.01. The largest absolute Gasteiger partial charge is 0.469 e. The Balaban J connectivity index is 2.55. The summed E-state index contributed by atoms with van der Waals surface area (Å²) >= 11 is 0. The highest BCUT2D eigenvalue weighted by molar-refractivity contribution is 5.97. The van der Waals surface area contributed by atoms with Crippen LogP contribution in [-0.2, 0) is 19.1 Å². The zero-order chi connectivity index (χ0) is 15.7. The monoisotopic (exact) mass is 290 g/mol. The third-order valence-corrected chi connectivity index (χ3v) is 2.84. The summed E-state index contributed by atoms with van der Waals surface area (Å²) in [6.07, 6.45) is 3.89. The zero-order valence-corrected chi connectivity index (χ0v) is 12.1. The van der Waals surface area contributed by atoms with Crippen LogP contribution in [0.4, 0.5) is 0 Å². The minimum Gasteiger partial charge on any atom is -0.469 e. The number of hydrogen-bond acceptors (Lipinski definition) is 5. The molecule has 0 heterocycles. The Labute approximate surface area is 123 Å². The number of Topliss-reactive ketones (excluding diaryl/α,β-unsaturated/α-hetero) is 1. The Morgan fingerprint density at radius 3 is 2.14 bits per heavy atom. The Morgan fingerprint density at radius 1 is 0.952 bits per heavy atom. The first-order chi connectivity index (χ1) is 10.1. The molecule has 1 aromatic carbocycles. The minimum atomic E-state index is -0.397. The lowest BCUT2D eigenvalue weighted by Crippen LogP contribution is -2.05. The Hall–Kier alpha value is -2.43. The fourth-order valence-electron chi connectivity index (χ4n) is 1.62. The molecule has 0 aliphatic carbocycles. The first-order valence-electron chi connectivity index (χ1n) is 6.50. The van der Waals surface area contributed by atoms with Gasteiger partial charge >= 0.3 is 11.9 Å². The van der Waals surface area contributed by atoms with Gasteiger partial charge in [-0.2, -0.15) is 0 Å². The Morgan fingerprint density at radius 2 is 1.57 bits per heavy atom. The van der Waals surface area contributed by atoms with Crippen LogP contribution in [0.15, 0.2) is 30.3 Å². The van der Waals surface area contributed by atoms with Crippen molar-refractivity contribution in [1.29, 1.82) is 0 Å². The highest BCUT2D eigenvalue weighted by Crippen LogP contribution is 2.10. The summed E-state index contributed by atoms with van der Waals surface area (Å²) in [5.74, 6) is -0.808. The molecular weight excluding hydrogens is 272 g/mol. The van der Waals surface area contributed by atoms with Crippen molar-refractivity contribution in [3.8, 4) is 0 Å². The van der Waals surface area contributed by atoms with Crippen LogP contribution in [0, 0.1) is 0 Å². The van der Waals surface area contributed by atoms with Crippen LogP contribution in [0.25, 0.3) is 6.08 Å². The predicted molar refractivity (Wildman–Crippen MR) is 77.7 cm³/mol. The van der Waals surface area contributed by atoms with E-state index >= 15 is 0 Å². The second kappa shape index (κ2) is 8.68. The molecule has 0 spiro atoms. The predicted octanol–water partition coefficient (Wildman–Crippen LogP) is 2.40. The van der Waals surface area contributed by atoms with Crippen molar-refractivity contribution in [2.75, 3.05) is 14.2 Å². The third kappa shape index (κ3) is 6.03. The van der Waals surface area contributed by atoms with E-state index in [0.717, 1.165) is 5.56 Å². The van der Waals surface area contributed by atoms with Gasteiger partial charge in [0.25, 0.3) is 0 Å². The van der Waals surface area contributed by atoms with Crippen molar-refractivity contribution < 1.29 is 23.9 Å². The van der Waals surface area contributed by atoms with Crippen LogP contribution in [0.2, 0.25) is 0 Å². The first kappa shape index (κ1) is 16.6. The molecule has 0 radical (unpaired) electrons. The van der Waals surface area contributed by atoms with Crippen molar-refractivity contribution in [1.82, 2.24) is 0 Å². The van der Waals surface area contributed by atoms with Gasteiger partial charge in [-0.05, 0) is 5.56 Å². The molecule has 0 aliphatic rings. The maximum atomic E-state index is 11.8. The number of benzene rings is 1. The van der Waals surface area contributed by atoms with E-state index in [4.69, 9.17) is 0 Å². The molecule has 0 aromatic heterocycles. The van der Waals surface area contributed by atoms with Crippen LogP contribution in [0.3, 0.4) is 0 Å². The van der Waals surface area contributed by atoms with Gasteiger partial charge < -0.3 is 9.47 Å². The van der Waals surface area contributed by atoms with E-state index in [1.54, 1.807) is 36.4 Å². The van der Waals surface area contributed by atoms with E-state index in [1.165, 1.54) is 14.2 Å². The second-order valence-electron chi connectivity index (χ2n) is 4.30. The smallest absolute Gasteiger partial charge is 0.309 e. The number of methoxy groups -OCH3 is 2. The van der Waals surface area contributed by atoms with Crippen molar-refractivity contribution in [3.05, 3.63) is 41.5 Å². The Kier molecular flexibility index (Phi) is 6.87. The molecule has 0 amide bonds. The lowest BCUT2D eigenvalue weighted by molar-refractivity contribution is -0.141. The van der Waals surface area contributed by atoms with E-state index in [1.807, 2.05) is 0 Å². The zero-order valence-electron chi connectivity index (χ0n) is 12.1. The molecule has 21 heavy (non-hydrogen) atoms. The summed E-state index contributed by atoms with van der Waals surface area (Å²) in [5.41, 5.74) is 1.42. The summed E-state index contributed by atoms with van der Waals surface area (Å²) in [7, 11) is 2.63. The van der Waals surface area contributed by atoms with E-state index < -0.39 is 5.97 Å². The molecule has 112 valence electrons. The molecule has 0 atom stereocenters. The molecule has 0 fully saturated rings. The molecule has 0 aliphatic heterocycles. The van der Waals surface area contributed by atoms with Gasteiger partial charge in [0.2, 0.25) is 0 Å². The van der Waals surface area contributed by atoms with Crippen LogP contribution in [-0.4, -0.2) is 31.9 Å². The molecule has 5 heteroatoms. The van der Waals surface area contributed by atoms with E-state index in [9.17, 15) is 14.4 Å². The summed E-state index contributed by atoms with van der Waals surface area (Å²) in [6.45, 7) is 0.